The van der Waals surface area contributed by atoms with Crippen molar-refractivity contribution in [3.8, 4) is 11.1 Å². The van der Waals surface area contributed by atoms with Gasteiger partial charge < -0.3 is 4.90 Å². The summed E-state index contributed by atoms with van der Waals surface area (Å²) in [5, 5.41) is 1.20. The van der Waals surface area contributed by atoms with Gasteiger partial charge in [0.25, 0.3) is 0 Å². The Morgan fingerprint density at radius 1 is 0.857 bits per heavy atom. The van der Waals surface area contributed by atoms with Gasteiger partial charge in [-0.05, 0) is 47.9 Å². The van der Waals surface area contributed by atoms with Crippen LogP contribution in [0.1, 0.15) is 12.6 Å². The zero-order valence-electron chi connectivity index (χ0n) is 12.8. The highest BCUT2D eigenvalue weighted by Crippen LogP contribution is 2.25. The number of aryl methyl sites for hydroxylation is 1. The Hall–Kier alpha value is -2.35. The summed E-state index contributed by atoms with van der Waals surface area (Å²) in [6, 6.07) is 19.4. The predicted molar refractivity (Wildman–Crippen MR) is 90.9 cm³/mol. The monoisotopic (exact) mass is 276 g/mol. The van der Waals surface area contributed by atoms with E-state index in [9.17, 15) is 0 Å². The molecule has 3 aromatic rings. The van der Waals surface area contributed by atoms with E-state index in [1.54, 1.807) is 0 Å². The standard InChI is InChI=1S/C19H20N2/c1-4-17-9-5-16-13-15(8-12-19(16)20-17)14-6-10-18(11-7-14)21(2)3/h5-13H,4H2,1-3H3. The predicted octanol–water partition coefficient (Wildman–Crippen LogP) is 4.53. The highest BCUT2D eigenvalue weighted by atomic mass is 15.1. The van der Waals surface area contributed by atoms with Crippen molar-refractivity contribution in [3.63, 3.8) is 0 Å². The van der Waals surface area contributed by atoms with Crippen LogP contribution in [0.15, 0.2) is 54.6 Å². The van der Waals surface area contributed by atoms with Crippen LogP contribution in [0.25, 0.3) is 22.0 Å². The lowest BCUT2D eigenvalue weighted by atomic mass is 10.0. The minimum atomic E-state index is 0.976. The van der Waals surface area contributed by atoms with Crippen LogP contribution in [0, 0.1) is 0 Å². The molecule has 0 saturated heterocycles. The number of rotatable bonds is 3. The molecule has 0 unspecified atom stereocenters. The summed E-state index contributed by atoms with van der Waals surface area (Å²) in [6.45, 7) is 2.13. The zero-order chi connectivity index (χ0) is 14.8. The van der Waals surface area contributed by atoms with Gasteiger partial charge in [0.05, 0.1) is 5.52 Å². The van der Waals surface area contributed by atoms with Gasteiger partial charge in [-0.1, -0.05) is 31.2 Å². The van der Waals surface area contributed by atoms with Gasteiger partial charge in [0.1, 0.15) is 0 Å². The summed E-state index contributed by atoms with van der Waals surface area (Å²) in [6.07, 6.45) is 0.976. The lowest BCUT2D eigenvalue weighted by Crippen LogP contribution is -2.07. The molecule has 0 aliphatic rings. The molecule has 2 heteroatoms. The third-order valence-electron chi connectivity index (χ3n) is 3.83. The van der Waals surface area contributed by atoms with E-state index in [0.717, 1.165) is 17.6 Å². The SMILES string of the molecule is CCc1ccc2cc(-c3ccc(N(C)C)cc3)ccc2n1. The maximum absolute atomic E-state index is 4.66. The molecule has 1 heterocycles. The fraction of sp³-hybridized carbons (Fsp3) is 0.211. The van der Waals surface area contributed by atoms with E-state index in [1.165, 1.54) is 22.2 Å². The number of pyridine rings is 1. The molecule has 3 rings (SSSR count). The summed E-state index contributed by atoms with van der Waals surface area (Å²) in [7, 11) is 4.12. The first-order valence-corrected chi connectivity index (χ1v) is 7.35. The van der Waals surface area contributed by atoms with Gasteiger partial charge in [0.15, 0.2) is 0 Å². The van der Waals surface area contributed by atoms with Crippen molar-refractivity contribution in [3.05, 3.63) is 60.3 Å². The maximum Gasteiger partial charge on any atom is 0.0705 e. The van der Waals surface area contributed by atoms with E-state index >= 15 is 0 Å². The van der Waals surface area contributed by atoms with Crippen LogP contribution in [0.4, 0.5) is 5.69 Å². The molecule has 1 aromatic heterocycles. The topological polar surface area (TPSA) is 16.1 Å². The van der Waals surface area contributed by atoms with Crippen molar-refractivity contribution in [2.75, 3.05) is 19.0 Å². The zero-order valence-corrected chi connectivity index (χ0v) is 12.8. The first-order chi connectivity index (χ1) is 10.2. The molecule has 0 amide bonds. The molecule has 0 atom stereocenters. The van der Waals surface area contributed by atoms with E-state index in [4.69, 9.17) is 0 Å². The quantitative estimate of drug-likeness (QED) is 0.698. The van der Waals surface area contributed by atoms with Crippen molar-refractivity contribution in [1.29, 1.82) is 0 Å². The van der Waals surface area contributed by atoms with Crippen molar-refractivity contribution in [1.82, 2.24) is 4.98 Å². The van der Waals surface area contributed by atoms with Crippen LogP contribution in [0.5, 0.6) is 0 Å². The Labute approximate surface area is 126 Å². The molecule has 0 fully saturated rings. The molecular weight excluding hydrogens is 256 g/mol. The molecule has 0 aliphatic heterocycles. The van der Waals surface area contributed by atoms with Crippen molar-refractivity contribution < 1.29 is 0 Å². The number of fused-ring (bicyclic) bond motifs is 1. The molecule has 106 valence electrons. The third-order valence-corrected chi connectivity index (χ3v) is 3.83. The number of hydrogen-bond acceptors (Lipinski definition) is 2. The molecule has 2 nitrogen and oxygen atoms in total. The molecule has 2 aromatic carbocycles. The van der Waals surface area contributed by atoms with Gasteiger partial charge in [0.2, 0.25) is 0 Å². The minimum absolute atomic E-state index is 0.976. The number of anilines is 1. The second kappa shape index (κ2) is 5.57. The van der Waals surface area contributed by atoms with Crippen LogP contribution >= 0.6 is 0 Å². The molecule has 0 aliphatic carbocycles. The fourth-order valence-corrected chi connectivity index (χ4v) is 2.50. The van der Waals surface area contributed by atoms with E-state index in [-0.39, 0.29) is 0 Å². The lowest BCUT2D eigenvalue weighted by molar-refractivity contribution is 1.06. The smallest absolute Gasteiger partial charge is 0.0705 e. The lowest BCUT2D eigenvalue weighted by Gasteiger charge is -2.13. The van der Waals surface area contributed by atoms with Gasteiger partial charge in [-0.15, -0.1) is 0 Å². The second-order valence-corrected chi connectivity index (χ2v) is 5.50. The normalized spacial score (nSPS) is 10.8. The number of aromatic nitrogens is 1. The van der Waals surface area contributed by atoms with E-state index in [0.29, 0.717) is 0 Å². The van der Waals surface area contributed by atoms with Gasteiger partial charge in [-0.25, -0.2) is 0 Å². The van der Waals surface area contributed by atoms with E-state index in [2.05, 4.69) is 85.5 Å². The van der Waals surface area contributed by atoms with Gasteiger partial charge in [-0.3, -0.25) is 4.98 Å². The minimum Gasteiger partial charge on any atom is -0.378 e. The number of benzene rings is 2. The summed E-state index contributed by atoms with van der Waals surface area (Å²) < 4.78 is 0. The number of nitrogens with zero attached hydrogens (tertiary/aromatic N) is 2. The largest absolute Gasteiger partial charge is 0.378 e. The summed E-state index contributed by atoms with van der Waals surface area (Å²) in [5.74, 6) is 0. The fourth-order valence-electron chi connectivity index (χ4n) is 2.50. The maximum atomic E-state index is 4.66. The van der Waals surface area contributed by atoms with Gasteiger partial charge in [-0.2, -0.15) is 0 Å². The van der Waals surface area contributed by atoms with Crippen LogP contribution in [0.3, 0.4) is 0 Å². The van der Waals surface area contributed by atoms with Gasteiger partial charge in [0, 0.05) is 30.9 Å². The Morgan fingerprint density at radius 2 is 1.57 bits per heavy atom. The highest BCUT2D eigenvalue weighted by molar-refractivity contribution is 5.84. The van der Waals surface area contributed by atoms with Crippen molar-refractivity contribution in [2.45, 2.75) is 13.3 Å². The highest BCUT2D eigenvalue weighted by Gasteiger charge is 2.02. The van der Waals surface area contributed by atoms with E-state index in [1.807, 2.05) is 0 Å². The first-order valence-electron chi connectivity index (χ1n) is 7.35. The average molecular weight is 276 g/mol. The molecule has 0 radical (unpaired) electrons. The molecule has 0 spiro atoms. The van der Waals surface area contributed by atoms with Crippen LogP contribution < -0.4 is 4.90 Å². The molecular formula is C19H20N2. The van der Waals surface area contributed by atoms with Gasteiger partial charge >= 0.3 is 0 Å². The Bertz CT molecular complexity index is 758. The van der Waals surface area contributed by atoms with Crippen molar-refractivity contribution in [2.24, 2.45) is 0 Å². The molecule has 0 saturated carbocycles. The summed E-state index contributed by atoms with van der Waals surface area (Å²) in [5.41, 5.74) is 5.91. The summed E-state index contributed by atoms with van der Waals surface area (Å²) >= 11 is 0. The Morgan fingerprint density at radius 3 is 2.24 bits per heavy atom. The first kappa shape index (κ1) is 13.6. The Balaban J connectivity index is 2.00. The van der Waals surface area contributed by atoms with Crippen LogP contribution in [0.2, 0.25) is 0 Å². The van der Waals surface area contributed by atoms with Crippen molar-refractivity contribution >= 4 is 16.6 Å². The summed E-state index contributed by atoms with van der Waals surface area (Å²) in [4.78, 5) is 6.77. The van der Waals surface area contributed by atoms with Crippen LogP contribution in [-0.2, 0) is 6.42 Å². The van der Waals surface area contributed by atoms with Crippen LogP contribution in [-0.4, -0.2) is 19.1 Å². The average Bonchev–Trinajstić information content (AvgIpc) is 2.54. The van der Waals surface area contributed by atoms with E-state index < -0.39 is 0 Å². The third kappa shape index (κ3) is 2.75. The Kier molecular flexibility index (Phi) is 3.61. The molecule has 21 heavy (non-hydrogen) atoms. The molecule has 0 N–H and O–H groups in total. The molecule has 0 bridgehead atoms. The second-order valence-electron chi connectivity index (χ2n) is 5.50. The number of hydrogen-bond donors (Lipinski definition) is 0.